The number of nitrogens with zero attached hydrogens (tertiary/aromatic N) is 4. The monoisotopic (exact) mass is 468 g/mol. The molecule has 3 heterocycles. The third-order valence-electron chi connectivity index (χ3n) is 4.94. The van der Waals surface area contributed by atoms with Crippen LogP contribution < -0.4 is 33.0 Å². The molecule has 0 atom stereocenters. The van der Waals surface area contributed by atoms with Crippen LogP contribution in [-0.2, 0) is 21.1 Å². The average molecular weight is 469 g/mol. The molecule has 0 saturated carbocycles. The van der Waals surface area contributed by atoms with E-state index in [4.69, 9.17) is 11.6 Å². The normalized spacial score (nSPS) is 10.9. The number of amides is 3. The third kappa shape index (κ3) is 5.63. The smallest absolute Gasteiger partial charge is 0.272 e. The minimum atomic E-state index is -0.396. The predicted molar refractivity (Wildman–Crippen MR) is 130 cm³/mol. The molecule has 0 unspecified atom stereocenters. The fraction of sp³-hybridized carbons (Fsp3) is 0.238. The Kier molecular flexibility index (Phi) is 7.38. The van der Waals surface area contributed by atoms with E-state index < -0.39 is 5.91 Å². The summed E-state index contributed by atoms with van der Waals surface area (Å²) in [6.07, 6.45) is 6.24. The van der Waals surface area contributed by atoms with Gasteiger partial charge in [0, 0.05) is 46.3 Å². The number of aliphatic imine (C=N–C) groups is 1. The minimum Gasteiger partial charge on any atom is -0.397 e. The zero-order valence-corrected chi connectivity index (χ0v) is 19.1. The first kappa shape index (κ1) is 24.1. The Labute approximate surface area is 195 Å². The molecule has 0 radical (unpaired) electrons. The fourth-order valence-corrected chi connectivity index (χ4v) is 3.37. The van der Waals surface area contributed by atoms with E-state index >= 15 is 0 Å². The van der Waals surface area contributed by atoms with Crippen LogP contribution in [0, 0.1) is 0 Å². The van der Waals surface area contributed by atoms with Crippen molar-refractivity contribution < 1.29 is 14.4 Å². The summed E-state index contributed by atoms with van der Waals surface area (Å²) in [4.78, 5) is 41.6. The first-order chi connectivity index (χ1) is 16.2. The molecule has 13 nitrogen and oxygen atoms in total. The average Bonchev–Trinajstić information content (AvgIpc) is 3.43. The highest BCUT2D eigenvalue weighted by molar-refractivity contribution is 6.07. The molecule has 0 saturated heterocycles. The predicted octanol–water partition coefficient (Wildman–Crippen LogP) is 0.0103. The zero-order valence-electron chi connectivity index (χ0n) is 19.1. The number of hydrazine groups is 1. The molecule has 34 heavy (non-hydrogen) atoms. The lowest BCUT2D eigenvalue weighted by molar-refractivity contribution is 0.0945. The number of hydrogen-bond acceptors (Lipinski definition) is 6. The van der Waals surface area contributed by atoms with Crippen LogP contribution in [0.15, 0.2) is 41.8 Å². The first-order valence-electron chi connectivity index (χ1n) is 10.3. The van der Waals surface area contributed by atoms with Gasteiger partial charge in [-0.25, -0.2) is 5.84 Å². The second-order valence-corrected chi connectivity index (χ2v) is 7.59. The molecule has 13 heteroatoms. The molecule has 0 fully saturated rings. The molecular weight excluding hydrogens is 440 g/mol. The van der Waals surface area contributed by atoms with Gasteiger partial charge in [-0.05, 0) is 18.2 Å². The molecular formula is C21H28N10O3. The lowest BCUT2D eigenvalue weighted by Gasteiger charge is -2.04. The van der Waals surface area contributed by atoms with Crippen molar-refractivity contribution in [1.29, 1.82) is 0 Å². The topological polar surface area (TPSA) is 179 Å². The van der Waals surface area contributed by atoms with Crippen molar-refractivity contribution in [3.63, 3.8) is 0 Å². The highest BCUT2D eigenvalue weighted by Gasteiger charge is 2.18. The van der Waals surface area contributed by atoms with Gasteiger partial charge < -0.3 is 40.8 Å². The van der Waals surface area contributed by atoms with Crippen molar-refractivity contribution in [2.24, 2.45) is 32.0 Å². The minimum absolute atomic E-state index is 0.302. The van der Waals surface area contributed by atoms with Gasteiger partial charge in [0.2, 0.25) is 0 Å². The molecule has 0 aliphatic heterocycles. The number of carbonyl (C=O) groups is 3. The number of hydrogen-bond donors (Lipinski definition) is 6. The molecule has 3 aromatic rings. The van der Waals surface area contributed by atoms with E-state index in [1.165, 1.54) is 6.34 Å². The standard InChI is InChI=1S/C21H28N10O3/c1-29-9-13(22)6-16(29)20(33)27-15-8-18(31(3)11-15)21(34)28-14-7-17(30(2)10-14)19(32)25-5-4-24-12-26-23/h6-12H,4-5,22-23H2,1-3H3,(H,24,26)(H,25,32)(H,27,33)(H,28,34). The van der Waals surface area contributed by atoms with Gasteiger partial charge in [0.05, 0.1) is 29.9 Å². The van der Waals surface area contributed by atoms with Crippen LogP contribution in [0.5, 0.6) is 0 Å². The second kappa shape index (κ2) is 10.4. The summed E-state index contributed by atoms with van der Waals surface area (Å²) in [6.45, 7) is 0.699. The van der Waals surface area contributed by atoms with E-state index in [-0.39, 0.29) is 11.8 Å². The molecule has 0 aromatic carbocycles. The SMILES string of the molecule is Cn1cc(NC(=O)c2cc(NC(=O)c3cc(N)cn3C)cn2C)cc1C(=O)NCCN=CNN. The van der Waals surface area contributed by atoms with Crippen LogP contribution in [-0.4, -0.2) is 50.9 Å². The van der Waals surface area contributed by atoms with Gasteiger partial charge in [0.25, 0.3) is 17.7 Å². The Morgan fingerprint density at radius 2 is 1.35 bits per heavy atom. The van der Waals surface area contributed by atoms with Crippen LogP contribution in [0.2, 0.25) is 0 Å². The summed E-state index contributed by atoms with van der Waals surface area (Å²) < 4.78 is 4.82. The Bertz CT molecular complexity index is 1230. The molecule has 3 aromatic heterocycles. The number of nitrogens with two attached hydrogens (primary N) is 2. The van der Waals surface area contributed by atoms with Gasteiger partial charge in [-0.3, -0.25) is 19.4 Å². The van der Waals surface area contributed by atoms with Crippen LogP contribution >= 0.6 is 0 Å². The van der Waals surface area contributed by atoms with E-state index in [1.54, 1.807) is 71.6 Å². The summed E-state index contributed by atoms with van der Waals surface area (Å²) in [6, 6.07) is 4.70. The van der Waals surface area contributed by atoms with Crippen LogP contribution in [0.1, 0.15) is 31.5 Å². The third-order valence-corrected chi connectivity index (χ3v) is 4.94. The van der Waals surface area contributed by atoms with Crippen molar-refractivity contribution >= 4 is 41.1 Å². The van der Waals surface area contributed by atoms with Crippen molar-refractivity contribution in [3.05, 3.63) is 53.9 Å². The molecule has 0 aliphatic rings. The number of nitrogens with one attached hydrogen (secondary N) is 4. The number of aryl methyl sites for hydroxylation is 3. The summed E-state index contributed by atoms with van der Waals surface area (Å²) >= 11 is 0. The lowest BCUT2D eigenvalue weighted by Crippen LogP contribution is -2.28. The van der Waals surface area contributed by atoms with Gasteiger partial charge in [-0.15, -0.1) is 0 Å². The second-order valence-electron chi connectivity index (χ2n) is 7.59. The number of rotatable bonds is 9. The molecule has 0 aliphatic carbocycles. The molecule has 0 spiro atoms. The highest BCUT2D eigenvalue weighted by atomic mass is 16.2. The largest absolute Gasteiger partial charge is 0.397 e. The molecule has 0 bridgehead atoms. The zero-order chi connectivity index (χ0) is 24.8. The number of aromatic nitrogens is 3. The molecule has 180 valence electrons. The van der Waals surface area contributed by atoms with E-state index in [9.17, 15) is 14.4 Å². The summed E-state index contributed by atoms with van der Waals surface area (Å²) in [5, 5.41) is 8.27. The fourth-order valence-electron chi connectivity index (χ4n) is 3.37. The Morgan fingerprint density at radius 1 is 0.853 bits per heavy atom. The number of nitrogen functional groups attached to an aromatic ring is 1. The van der Waals surface area contributed by atoms with E-state index in [0.717, 1.165) is 0 Å². The maximum atomic E-state index is 12.8. The van der Waals surface area contributed by atoms with Gasteiger partial charge in [0.15, 0.2) is 0 Å². The van der Waals surface area contributed by atoms with Gasteiger partial charge in [0.1, 0.15) is 17.1 Å². The quantitative estimate of drug-likeness (QED) is 0.0846. The maximum Gasteiger partial charge on any atom is 0.272 e. The van der Waals surface area contributed by atoms with Crippen LogP contribution in [0.3, 0.4) is 0 Å². The summed E-state index contributed by atoms with van der Waals surface area (Å²) in [7, 11) is 5.11. The van der Waals surface area contributed by atoms with Gasteiger partial charge in [-0.2, -0.15) is 0 Å². The van der Waals surface area contributed by atoms with Crippen molar-refractivity contribution in [2.45, 2.75) is 0 Å². The lowest BCUT2D eigenvalue weighted by atomic mass is 10.3. The molecule has 3 rings (SSSR count). The van der Waals surface area contributed by atoms with Gasteiger partial charge in [-0.1, -0.05) is 0 Å². The summed E-state index contributed by atoms with van der Waals surface area (Å²) in [5.74, 6) is 4.03. The van der Waals surface area contributed by atoms with Crippen molar-refractivity contribution in [3.8, 4) is 0 Å². The Morgan fingerprint density at radius 3 is 1.85 bits per heavy atom. The van der Waals surface area contributed by atoms with E-state index in [0.29, 0.717) is 47.2 Å². The van der Waals surface area contributed by atoms with Crippen LogP contribution in [0.4, 0.5) is 17.1 Å². The molecule has 3 amide bonds. The van der Waals surface area contributed by atoms with Gasteiger partial charge >= 0.3 is 0 Å². The van der Waals surface area contributed by atoms with Crippen molar-refractivity contribution in [1.82, 2.24) is 24.4 Å². The maximum absolute atomic E-state index is 12.8. The number of carbonyl (C=O) groups excluding carboxylic acids is 3. The highest BCUT2D eigenvalue weighted by Crippen LogP contribution is 2.19. The number of anilines is 3. The Balaban J connectivity index is 1.64. The summed E-state index contributed by atoms with van der Waals surface area (Å²) in [5.41, 5.74) is 10.5. The van der Waals surface area contributed by atoms with E-state index in [2.05, 4.69) is 26.4 Å². The van der Waals surface area contributed by atoms with Crippen LogP contribution in [0.25, 0.3) is 0 Å². The molecule has 8 N–H and O–H groups in total. The van der Waals surface area contributed by atoms with Crippen molar-refractivity contribution in [2.75, 3.05) is 29.5 Å². The Hall–Kier alpha value is -4.52. The van der Waals surface area contributed by atoms with E-state index in [1.807, 2.05) is 0 Å². The first-order valence-corrected chi connectivity index (χ1v) is 10.3.